The van der Waals surface area contributed by atoms with Gasteiger partial charge in [0.05, 0.1) is 0 Å². The van der Waals surface area contributed by atoms with Gasteiger partial charge in [-0.2, -0.15) is 4.57 Å². The molecule has 6 atom stereocenters. The van der Waals surface area contributed by atoms with E-state index in [0.717, 1.165) is 24.9 Å². The molecule has 3 rings (SSSR count). The van der Waals surface area contributed by atoms with E-state index in [-0.39, 0.29) is 12.6 Å². The Bertz CT molecular complexity index is 953. The number of likely N-dealkylation sites (tertiary alicyclic amines) is 1. The van der Waals surface area contributed by atoms with Crippen LogP contribution in [-0.2, 0) is 42.9 Å². The van der Waals surface area contributed by atoms with Crippen LogP contribution in [0.15, 0.2) is 24.5 Å². The maximum Gasteiger partial charge on any atom is 0.304 e. The molecule has 11 nitrogen and oxygen atoms in total. The minimum Gasteiger partial charge on any atom is -0.463 e. The van der Waals surface area contributed by atoms with Gasteiger partial charge in [0.2, 0.25) is 6.10 Å². The number of aromatic nitrogens is 1. The van der Waals surface area contributed by atoms with Gasteiger partial charge in [0.15, 0.2) is 24.6 Å². The van der Waals surface area contributed by atoms with Gasteiger partial charge in [-0.15, -0.1) is 0 Å². The third-order valence-corrected chi connectivity index (χ3v) is 6.01. The Hall–Kier alpha value is -3.05. The molecular weight excluding hydrogens is 460 g/mol. The van der Waals surface area contributed by atoms with Crippen molar-refractivity contribution >= 4 is 23.9 Å². The smallest absolute Gasteiger partial charge is 0.304 e. The van der Waals surface area contributed by atoms with Crippen molar-refractivity contribution in [3.05, 3.63) is 30.1 Å². The quantitative estimate of drug-likeness (QED) is 0.309. The number of hydrogen-bond donors (Lipinski definition) is 0. The minimum atomic E-state index is -1.20. The van der Waals surface area contributed by atoms with Gasteiger partial charge in [0.25, 0.3) is 0 Å². The molecule has 3 heterocycles. The van der Waals surface area contributed by atoms with Crippen molar-refractivity contribution in [2.75, 3.05) is 20.2 Å². The van der Waals surface area contributed by atoms with Crippen LogP contribution in [-0.4, -0.2) is 73.4 Å². The van der Waals surface area contributed by atoms with E-state index in [1.807, 2.05) is 18.3 Å². The van der Waals surface area contributed by atoms with Crippen LogP contribution in [0, 0.1) is 0 Å². The molecule has 0 saturated carbocycles. The lowest BCUT2D eigenvalue weighted by Gasteiger charge is -2.41. The first-order valence-electron chi connectivity index (χ1n) is 11.6. The van der Waals surface area contributed by atoms with Crippen LogP contribution in [0.5, 0.6) is 0 Å². The average Bonchev–Trinajstić information content (AvgIpc) is 3.20. The second-order valence-corrected chi connectivity index (χ2v) is 8.81. The van der Waals surface area contributed by atoms with Crippen LogP contribution in [0.1, 0.15) is 58.4 Å². The van der Waals surface area contributed by atoms with Crippen molar-refractivity contribution in [1.82, 2.24) is 4.90 Å². The van der Waals surface area contributed by atoms with Gasteiger partial charge >= 0.3 is 30.1 Å². The Kier molecular flexibility index (Phi) is 8.79. The summed E-state index contributed by atoms with van der Waals surface area (Å²) in [5.41, 5.74) is 1.04. The van der Waals surface area contributed by atoms with Crippen LogP contribution in [0.4, 0.5) is 0 Å². The Morgan fingerprint density at radius 1 is 0.971 bits per heavy atom. The zero-order chi connectivity index (χ0) is 25.7. The summed E-state index contributed by atoms with van der Waals surface area (Å²) >= 11 is 0. The minimum absolute atomic E-state index is 0.216. The zero-order valence-corrected chi connectivity index (χ0v) is 20.7. The first kappa shape index (κ1) is 26.6. The largest absolute Gasteiger partial charge is 0.463 e. The van der Waals surface area contributed by atoms with Gasteiger partial charge in [-0.1, -0.05) is 0 Å². The summed E-state index contributed by atoms with van der Waals surface area (Å²) < 4.78 is 29.6. The molecule has 0 radical (unpaired) electrons. The molecule has 0 aromatic carbocycles. The summed E-state index contributed by atoms with van der Waals surface area (Å²) in [6, 6.07) is 4.08. The number of esters is 4. The molecule has 1 aromatic heterocycles. The van der Waals surface area contributed by atoms with Crippen LogP contribution in [0.25, 0.3) is 0 Å². The van der Waals surface area contributed by atoms with E-state index < -0.39 is 54.5 Å². The van der Waals surface area contributed by atoms with Crippen LogP contribution < -0.4 is 4.57 Å². The molecule has 192 valence electrons. The van der Waals surface area contributed by atoms with E-state index in [2.05, 4.69) is 11.9 Å². The molecule has 2 saturated heterocycles. The summed E-state index contributed by atoms with van der Waals surface area (Å²) in [5.74, 6) is -2.52. The summed E-state index contributed by atoms with van der Waals surface area (Å²) in [4.78, 5) is 49.7. The number of rotatable bonds is 7. The van der Waals surface area contributed by atoms with Crippen molar-refractivity contribution < 1.29 is 47.4 Å². The average molecular weight is 494 g/mol. The molecule has 35 heavy (non-hydrogen) atoms. The molecule has 0 bridgehead atoms. The lowest BCUT2D eigenvalue weighted by atomic mass is 9.96. The summed E-state index contributed by atoms with van der Waals surface area (Å²) in [6.45, 7) is 5.57. The van der Waals surface area contributed by atoms with Crippen molar-refractivity contribution in [3.8, 4) is 0 Å². The first-order valence-corrected chi connectivity index (χ1v) is 11.6. The fourth-order valence-electron chi connectivity index (χ4n) is 4.64. The fraction of sp³-hybridized carbons (Fsp3) is 0.625. The predicted molar refractivity (Wildman–Crippen MR) is 118 cm³/mol. The van der Waals surface area contributed by atoms with Crippen molar-refractivity contribution in [2.24, 2.45) is 0 Å². The van der Waals surface area contributed by atoms with Gasteiger partial charge in [0, 0.05) is 45.4 Å². The maximum atomic E-state index is 12.1. The van der Waals surface area contributed by atoms with Gasteiger partial charge in [0.1, 0.15) is 12.7 Å². The monoisotopic (exact) mass is 493 g/mol. The van der Waals surface area contributed by atoms with Crippen molar-refractivity contribution in [2.45, 2.75) is 77.2 Å². The van der Waals surface area contributed by atoms with Crippen LogP contribution in [0.2, 0.25) is 0 Å². The standard InChI is InChI=1S/C24H33N2O9/c1-14(27)31-13-20-21(32-15(2)28)22(33-16(3)29)23(34-17(4)30)24(35-20)26-11-6-8-18(12-26)19-9-7-10-25(19)5/h6,8,11-12,19-24H,7,9-10,13H2,1-5H3/q+1/t19?,20-,21-,22+,23-,24-/m1/s1. The molecule has 1 aromatic rings. The highest BCUT2D eigenvalue weighted by atomic mass is 16.7. The van der Waals surface area contributed by atoms with Crippen LogP contribution >= 0.6 is 0 Å². The lowest BCUT2D eigenvalue weighted by molar-refractivity contribution is -0.777. The molecule has 0 amide bonds. The molecule has 1 unspecified atom stereocenters. The molecule has 0 N–H and O–H groups in total. The van der Waals surface area contributed by atoms with Gasteiger partial charge < -0.3 is 23.7 Å². The summed E-state index contributed by atoms with van der Waals surface area (Å²) in [7, 11) is 2.06. The highest BCUT2D eigenvalue weighted by Crippen LogP contribution is 2.33. The number of carbonyl (C=O) groups is 4. The molecule has 2 aliphatic rings. The second-order valence-electron chi connectivity index (χ2n) is 8.81. The van der Waals surface area contributed by atoms with E-state index in [4.69, 9.17) is 23.7 Å². The third kappa shape index (κ3) is 6.76. The number of pyridine rings is 1. The highest BCUT2D eigenvalue weighted by molar-refractivity contribution is 5.68. The molecule has 11 heteroatoms. The normalized spacial score (nSPS) is 28.7. The Morgan fingerprint density at radius 3 is 2.17 bits per heavy atom. The lowest BCUT2D eigenvalue weighted by Crippen LogP contribution is -2.65. The molecular formula is C24H33N2O9+. The van der Waals surface area contributed by atoms with Gasteiger partial charge in [-0.05, 0) is 32.5 Å². The fourth-order valence-corrected chi connectivity index (χ4v) is 4.64. The van der Waals surface area contributed by atoms with Gasteiger partial charge in [-0.3, -0.25) is 24.1 Å². The van der Waals surface area contributed by atoms with E-state index >= 15 is 0 Å². The Balaban J connectivity index is 2.04. The SMILES string of the molecule is CC(=O)OC[C@H]1O[C@@H]([n+]2cccc(C3CCCN3C)c2)[C@H](OC(C)=O)[C@@H](OC(C)=O)[C@@H]1OC(C)=O. The molecule has 2 fully saturated rings. The topological polar surface area (TPSA) is 122 Å². The maximum absolute atomic E-state index is 12.1. The Morgan fingerprint density at radius 2 is 1.60 bits per heavy atom. The number of nitrogens with zero attached hydrogens (tertiary/aromatic N) is 2. The highest BCUT2D eigenvalue weighted by Gasteiger charge is 2.56. The van der Waals surface area contributed by atoms with Crippen LogP contribution in [0.3, 0.4) is 0 Å². The summed E-state index contributed by atoms with van der Waals surface area (Å²) in [6.07, 6.45) is 0.250. The van der Waals surface area contributed by atoms with E-state index in [0.29, 0.717) is 0 Å². The third-order valence-electron chi connectivity index (χ3n) is 6.01. The Labute approximate surface area is 204 Å². The number of ether oxygens (including phenoxy) is 5. The van der Waals surface area contributed by atoms with E-state index in [1.54, 1.807) is 10.8 Å². The van der Waals surface area contributed by atoms with E-state index in [1.165, 1.54) is 27.7 Å². The summed E-state index contributed by atoms with van der Waals surface area (Å²) in [5, 5.41) is 0. The molecule has 2 aliphatic heterocycles. The molecule has 0 aliphatic carbocycles. The predicted octanol–water partition coefficient (Wildman–Crippen LogP) is 0.996. The first-order chi connectivity index (χ1) is 16.6. The van der Waals surface area contributed by atoms with E-state index in [9.17, 15) is 19.2 Å². The number of carbonyl (C=O) groups excluding carboxylic acids is 4. The van der Waals surface area contributed by atoms with Crippen molar-refractivity contribution in [1.29, 1.82) is 0 Å². The van der Waals surface area contributed by atoms with Gasteiger partial charge in [-0.25, -0.2) is 0 Å². The number of hydrogen-bond acceptors (Lipinski definition) is 10. The molecule has 0 spiro atoms. The van der Waals surface area contributed by atoms with Crippen molar-refractivity contribution in [3.63, 3.8) is 0 Å². The zero-order valence-electron chi connectivity index (χ0n) is 20.7. The second kappa shape index (κ2) is 11.6.